The third-order valence-corrected chi connectivity index (χ3v) is 9.85. The number of phosphoric ester groups is 2. The van der Waals surface area contributed by atoms with Crippen molar-refractivity contribution < 1.29 is 66.7 Å². The van der Waals surface area contributed by atoms with E-state index in [1.807, 2.05) is 54.7 Å². The fourth-order valence-electron chi connectivity index (χ4n) is 5.03. The predicted octanol–water partition coefficient (Wildman–Crippen LogP) is 10.6. The smallest absolute Gasteiger partial charge is 0.462 e. The van der Waals surface area contributed by atoms with Gasteiger partial charge in [0.25, 0.3) is 0 Å². The molecule has 362 valence electrons. The van der Waals surface area contributed by atoms with Gasteiger partial charge in [0.1, 0.15) is 12.7 Å². The van der Waals surface area contributed by atoms with Crippen LogP contribution in [-0.4, -0.2) is 81.6 Å². The molecular weight excluding hydrogens is 862 g/mol. The Bertz CT molecular complexity index is 1600. The number of rotatable bonds is 40. The molecule has 0 heterocycles. The van der Waals surface area contributed by atoms with Gasteiger partial charge in [0, 0.05) is 12.8 Å². The molecule has 0 aromatic rings. The first-order valence-electron chi connectivity index (χ1n) is 22.3. The maximum atomic E-state index is 12.7. The van der Waals surface area contributed by atoms with Crippen molar-refractivity contribution in [1.82, 2.24) is 0 Å². The van der Waals surface area contributed by atoms with E-state index in [0.29, 0.717) is 38.5 Å². The van der Waals surface area contributed by atoms with Gasteiger partial charge in [-0.2, -0.15) is 0 Å². The van der Waals surface area contributed by atoms with Gasteiger partial charge in [-0.05, 0) is 83.5 Å². The number of aliphatic hydroxyl groups is 2. The molecule has 0 aliphatic carbocycles. The first-order chi connectivity index (χ1) is 30.8. The van der Waals surface area contributed by atoms with E-state index >= 15 is 0 Å². The summed E-state index contributed by atoms with van der Waals surface area (Å²) in [5, 5.41) is 19.8. The second-order valence-corrected chi connectivity index (χ2v) is 17.1. The zero-order valence-corrected chi connectivity index (χ0v) is 39.7. The number of aliphatic hydroxyl groups excluding tert-OH is 2. The Labute approximate surface area is 382 Å². The van der Waals surface area contributed by atoms with Crippen LogP contribution in [0.5, 0.6) is 0 Å². The number of ether oxygens (including phenoxy) is 2. The number of allylic oxidation sites excluding steroid dienone is 18. The maximum absolute atomic E-state index is 12.7. The molecule has 1 unspecified atom stereocenters. The molecule has 0 saturated heterocycles. The van der Waals surface area contributed by atoms with Crippen molar-refractivity contribution in [2.75, 3.05) is 26.4 Å². The van der Waals surface area contributed by atoms with E-state index in [-0.39, 0.29) is 12.8 Å². The van der Waals surface area contributed by atoms with Crippen LogP contribution in [0.2, 0.25) is 0 Å². The molecule has 0 saturated carbocycles. The largest absolute Gasteiger partial charge is 0.472 e. The van der Waals surface area contributed by atoms with Crippen molar-refractivity contribution in [3.63, 3.8) is 0 Å². The highest BCUT2D eigenvalue weighted by molar-refractivity contribution is 7.47. The van der Waals surface area contributed by atoms with Gasteiger partial charge in [0.2, 0.25) is 0 Å². The second-order valence-electron chi connectivity index (χ2n) is 14.4. The summed E-state index contributed by atoms with van der Waals surface area (Å²) in [5.41, 5.74) is 0. The van der Waals surface area contributed by atoms with E-state index in [9.17, 15) is 33.8 Å². The van der Waals surface area contributed by atoms with E-state index in [0.717, 1.165) is 38.5 Å². The Balaban J connectivity index is 4.79. The van der Waals surface area contributed by atoms with Crippen LogP contribution in [0.25, 0.3) is 0 Å². The molecule has 5 N–H and O–H groups in total. The first kappa shape index (κ1) is 60.5. The van der Waals surface area contributed by atoms with Gasteiger partial charge in [0.05, 0.1) is 25.9 Å². The van der Waals surface area contributed by atoms with Gasteiger partial charge >= 0.3 is 27.6 Å². The zero-order valence-electron chi connectivity index (χ0n) is 37.9. The summed E-state index contributed by atoms with van der Waals surface area (Å²) in [6.07, 6.45) is 49.5. The summed E-state index contributed by atoms with van der Waals surface area (Å²) in [4.78, 5) is 52.7. The van der Waals surface area contributed by atoms with Gasteiger partial charge < -0.3 is 34.4 Å². The van der Waals surface area contributed by atoms with Crippen molar-refractivity contribution >= 4 is 27.6 Å². The summed E-state index contributed by atoms with van der Waals surface area (Å²) in [6, 6.07) is 0. The Hall–Kier alpha value is -3.52. The highest BCUT2D eigenvalue weighted by Crippen LogP contribution is 2.43. The van der Waals surface area contributed by atoms with Crippen LogP contribution in [0.15, 0.2) is 122 Å². The zero-order chi connectivity index (χ0) is 47.4. The minimum Gasteiger partial charge on any atom is -0.462 e. The molecule has 0 aromatic heterocycles. The molecule has 0 spiro atoms. The maximum Gasteiger partial charge on any atom is 0.472 e. The van der Waals surface area contributed by atoms with Crippen LogP contribution >= 0.6 is 15.6 Å². The van der Waals surface area contributed by atoms with Gasteiger partial charge in [-0.25, -0.2) is 9.13 Å². The molecule has 0 rings (SSSR count). The predicted molar refractivity (Wildman–Crippen MR) is 254 cm³/mol. The highest BCUT2D eigenvalue weighted by Gasteiger charge is 2.28. The molecular formula is C48H76O14P2. The minimum absolute atomic E-state index is 0.00205. The summed E-state index contributed by atoms with van der Waals surface area (Å²) in [7, 11) is -9.76. The summed E-state index contributed by atoms with van der Waals surface area (Å²) < 4.78 is 47.6. The molecule has 0 bridgehead atoms. The molecule has 0 fully saturated rings. The number of carbonyl (C=O) groups is 2. The molecule has 14 nitrogen and oxygen atoms in total. The average Bonchev–Trinajstić information content (AvgIpc) is 3.25. The molecule has 0 aromatic carbocycles. The minimum atomic E-state index is -4.89. The Kier molecular flexibility index (Phi) is 39.8. The normalized spacial score (nSPS) is 15.5. The standard InChI is InChI=1S/C48H76O14P2/c1-3-5-7-9-11-12-13-14-15-16-17-18-19-20-21-22-26-30-34-38-47(51)58-42-46(43-61-64(56,57)60-41-45(50)40-59-63(53,54)55)62-48(52)39-35-31-27-23-25-29-33-37-44(49)36-32-28-24-10-8-6-4-2/h5,7,11-12,14-15,17-18,20-21,23-24,26-30,32-33,36,44-46,49-50H,3-4,6,8-10,13,16,19,22,25,31,34-35,37-43H2,1-2H3,(H,56,57)(H2,53,54,55)/b7-5-,12-11-,15-14-,18-17-,21-20-,27-23+,28-24-,30-26-,33-29-,36-32-/t44-,45-,46+/m0/s1. The van der Waals surface area contributed by atoms with E-state index in [1.54, 1.807) is 6.08 Å². The monoisotopic (exact) mass is 938 g/mol. The molecule has 16 heteroatoms. The van der Waals surface area contributed by atoms with E-state index in [1.165, 1.54) is 19.3 Å². The lowest BCUT2D eigenvalue weighted by molar-refractivity contribution is -0.161. The molecule has 0 aliphatic rings. The number of phosphoric acid groups is 2. The molecule has 64 heavy (non-hydrogen) atoms. The first-order valence-corrected chi connectivity index (χ1v) is 25.4. The van der Waals surface area contributed by atoms with Crippen LogP contribution < -0.4 is 0 Å². The number of esters is 2. The summed E-state index contributed by atoms with van der Waals surface area (Å²) in [5.74, 6) is -1.25. The summed E-state index contributed by atoms with van der Waals surface area (Å²) in [6.45, 7) is 1.35. The van der Waals surface area contributed by atoms with Crippen molar-refractivity contribution in [3.05, 3.63) is 122 Å². The van der Waals surface area contributed by atoms with Gasteiger partial charge in [-0.15, -0.1) is 0 Å². The summed E-state index contributed by atoms with van der Waals surface area (Å²) >= 11 is 0. The van der Waals surface area contributed by atoms with Crippen molar-refractivity contribution in [2.45, 2.75) is 141 Å². The van der Waals surface area contributed by atoms with E-state index in [2.05, 4.69) is 83.7 Å². The van der Waals surface area contributed by atoms with Crippen LogP contribution in [0.4, 0.5) is 0 Å². The lowest BCUT2D eigenvalue weighted by Crippen LogP contribution is -2.29. The molecule has 4 atom stereocenters. The second kappa shape index (κ2) is 42.1. The third-order valence-electron chi connectivity index (χ3n) is 8.42. The number of hydrogen-bond acceptors (Lipinski definition) is 11. The molecule has 0 radical (unpaired) electrons. The quantitative estimate of drug-likeness (QED) is 0.0127. The Morgan fingerprint density at radius 1 is 0.531 bits per heavy atom. The number of carbonyl (C=O) groups excluding carboxylic acids is 2. The van der Waals surface area contributed by atoms with Gasteiger partial charge in [-0.1, -0.05) is 148 Å². The van der Waals surface area contributed by atoms with Crippen LogP contribution in [-0.2, 0) is 41.8 Å². The highest BCUT2D eigenvalue weighted by atomic mass is 31.2. The molecule has 0 aliphatic heterocycles. The van der Waals surface area contributed by atoms with Crippen molar-refractivity contribution in [3.8, 4) is 0 Å². The molecule has 0 amide bonds. The fraction of sp³-hybridized carbons (Fsp3) is 0.542. The number of hydrogen-bond donors (Lipinski definition) is 5. The number of unbranched alkanes of at least 4 members (excludes halogenated alkanes) is 4. The third kappa shape index (κ3) is 45.1. The van der Waals surface area contributed by atoms with Crippen LogP contribution in [0.3, 0.4) is 0 Å². The lowest BCUT2D eigenvalue weighted by atomic mass is 10.2. The Morgan fingerprint density at radius 3 is 1.62 bits per heavy atom. The lowest BCUT2D eigenvalue weighted by Gasteiger charge is -2.20. The van der Waals surface area contributed by atoms with Gasteiger partial charge in [-0.3, -0.25) is 23.2 Å². The van der Waals surface area contributed by atoms with Crippen molar-refractivity contribution in [1.29, 1.82) is 0 Å². The van der Waals surface area contributed by atoms with Crippen LogP contribution in [0, 0.1) is 0 Å². The van der Waals surface area contributed by atoms with Crippen LogP contribution in [0.1, 0.15) is 123 Å². The SMILES string of the molecule is CC/C=C\C/C=C\C/C=C\C/C=C\C/C=C\C/C=C\CCC(=O)OC[C@H](COP(=O)(O)OC[C@@H](O)COP(=O)(O)O)OC(=O)CCC/C=C/C/C=C\C[C@@H](O)/C=C\C=C/CCCCC. The Morgan fingerprint density at radius 2 is 1.05 bits per heavy atom. The average molecular weight is 939 g/mol. The van der Waals surface area contributed by atoms with Crippen molar-refractivity contribution in [2.24, 2.45) is 0 Å². The van der Waals surface area contributed by atoms with E-state index < -0.39 is 72.3 Å². The van der Waals surface area contributed by atoms with Gasteiger partial charge in [0.15, 0.2) is 6.10 Å². The fourth-order valence-corrected chi connectivity index (χ4v) is 6.19. The topological polar surface area (TPSA) is 216 Å². The van der Waals surface area contributed by atoms with E-state index in [4.69, 9.17) is 23.8 Å².